The quantitative estimate of drug-likeness (QED) is 0.426. The van der Waals surface area contributed by atoms with E-state index in [0.29, 0.717) is 24.4 Å². The van der Waals surface area contributed by atoms with E-state index in [1.54, 1.807) is 11.7 Å². The van der Waals surface area contributed by atoms with Crippen molar-refractivity contribution in [2.45, 2.75) is 12.8 Å². The minimum absolute atomic E-state index is 0.0815. The summed E-state index contributed by atoms with van der Waals surface area (Å²) < 4.78 is 6.95. The van der Waals surface area contributed by atoms with E-state index in [1.807, 2.05) is 79.0 Å². The molecule has 158 valence electrons. The van der Waals surface area contributed by atoms with E-state index in [1.165, 1.54) is 0 Å². The molecule has 0 saturated carbocycles. The molecule has 2 aliphatic heterocycles. The van der Waals surface area contributed by atoms with E-state index in [0.717, 1.165) is 33.8 Å². The molecule has 0 saturated heterocycles. The first kappa shape index (κ1) is 19.8. The third kappa shape index (κ3) is 3.93. The molecule has 5 heteroatoms. The number of ether oxygens (including phenoxy) is 1. The SMILES string of the molecule is COc1ccc(-c2cn3c(=O)c(Cc4ccccc4)nc-3c(Cc3ccccc3)[nH]2)cc1. The van der Waals surface area contributed by atoms with Crippen molar-refractivity contribution < 1.29 is 4.74 Å². The average molecular weight is 422 g/mol. The molecular formula is C27H23N3O2. The van der Waals surface area contributed by atoms with E-state index < -0.39 is 0 Å². The maximum atomic E-state index is 13.3. The molecular weight excluding hydrogens is 398 g/mol. The summed E-state index contributed by atoms with van der Waals surface area (Å²) in [6.07, 6.45) is 3.00. The molecule has 3 aromatic rings. The van der Waals surface area contributed by atoms with E-state index in [4.69, 9.17) is 9.72 Å². The van der Waals surface area contributed by atoms with Crippen molar-refractivity contribution >= 4 is 0 Å². The number of fused-ring (bicyclic) bond motifs is 1. The molecule has 5 rings (SSSR count). The van der Waals surface area contributed by atoms with Crippen LogP contribution in [0.4, 0.5) is 0 Å². The van der Waals surface area contributed by atoms with Gasteiger partial charge in [-0.1, -0.05) is 60.7 Å². The van der Waals surface area contributed by atoms with Gasteiger partial charge in [0, 0.05) is 19.0 Å². The smallest absolute Gasteiger partial charge is 0.278 e. The van der Waals surface area contributed by atoms with Crippen molar-refractivity contribution in [1.82, 2.24) is 14.5 Å². The molecule has 0 unspecified atom stereocenters. The van der Waals surface area contributed by atoms with Crippen LogP contribution in [0.5, 0.6) is 5.75 Å². The summed E-state index contributed by atoms with van der Waals surface area (Å²) >= 11 is 0. The van der Waals surface area contributed by atoms with Crippen LogP contribution in [0, 0.1) is 0 Å². The molecule has 2 aliphatic rings. The fourth-order valence-electron chi connectivity index (χ4n) is 3.92. The Bertz CT molecular complexity index is 1350. The standard InChI is InChI=1S/C27H23N3O2/c1-32-22-14-12-21(13-15-22)25-18-30-26(23(28-25)16-19-8-4-2-5-9-19)29-24(27(30)31)17-20-10-6-3-7-11-20/h2-15,18,28H,16-17H2,1H3. The Hall–Kier alpha value is -4.12. The second-order valence-corrected chi connectivity index (χ2v) is 7.76. The molecule has 5 nitrogen and oxygen atoms in total. The molecule has 0 bridgehead atoms. The third-order valence-electron chi connectivity index (χ3n) is 5.59. The molecule has 32 heavy (non-hydrogen) atoms. The lowest BCUT2D eigenvalue weighted by Crippen LogP contribution is -2.17. The Labute approximate surface area is 186 Å². The van der Waals surface area contributed by atoms with Crippen molar-refractivity contribution in [3.05, 3.63) is 124 Å². The molecule has 0 aliphatic carbocycles. The average Bonchev–Trinajstić information content (AvgIpc) is 3.16. The topological polar surface area (TPSA) is 59.9 Å². The Kier molecular flexibility index (Phi) is 5.30. The summed E-state index contributed by atoms with van der Waals surface area (Å²) in [4.78, 5) is 21.6. The Morgan fingerprint density at radius 3 is 2.09 bits per heavy atom. The van der Waals surface area contributed by atoms with Crippen LogP contribution < -0.4 is 10.3 Å². The van der Waals surface area contributed by atoms with Crippen LogP contribution in [0.1, 0.15) is 22.5 Å². The van der Waals surface area contributed by atoms with Crippen LogP contribution in [-0.4, -0.2) is 21.6 Å². The number of aromatic nitrogens is 3. The van der Waals surface area contributed by atoms with Crippen LogP contribution in [0.3, 0.4) is 0 Å². The summed E-state index contributed by atoms with van der Waals surface area (Å²) in [5, 5.41) is 0. The minimum Gasteiger partial charge on any atom is -0.497 e. The highest BCUT2D eigenvalue weighted by Gasteiger charge is 2.20. The predicted molar refractivity (Wildman–Crippen MR) is 126 cm³/mol. The van der Waals surface area contributed by atoms with Crippen molar-refractivity contribution in [2.75, 3.05) is 7.11 Å². The first-order chi connectivity index (χ1) is 15.7. The van der Waals surface area contributed by atoms with Crippen LogP contribution in [0.15, 0.2) is 95.9 Å². The zero-order valence-corrected chi connectivity index (χ0v) is 17.8. The van der Waals surface area contributed by atoms with Gasteiger partial charge in [0.15, 0.2) is 5.82 Å². The number of aromatic amines is 1. The molecule has 0 aromatic heterocycles. The third-order valence-corrected chi connectivity index (χ3v) is 5.59. The highest BCUT2D eigenvalue weighted by atomic mass is 16.5. The zero-order valence-electron chi connectivity index (χ0n) is 17.8. The van der Waals surface area contributed by atoms with Gasteiger partial charge in [-0.25, -0.2) is 4.98 Å². The van der Waals surface area contributed by atoms with Crippen molar-refractivity contribution in [3.63, 3.8) is 0 Å². The van der Waals surface area contributed by atoms with Gasteiger partial charge in [-0.05, 0) is 41.0 Å². The van der Waals surface area contributed by atoms with Crippen LogP contribution >= 0.6 is 0 Å². The summed E-state index contributed by atoms with van der Waals surface area (Å²) in [5.74, 6) is 1.46. The molecule has 1 N–H and O–H groups in total. The molecule has 3 aromatic carbocycles. The van der Waals surface area contributed by atoms with Crippen LogP contribution in [-0.2, 0) is 12.8 Å². The number of nitrogens with zero attached hydrogens (tertiary/aromatic N) is 2. The second-order valence-electron chi connectivity index (χ2n) is 7.76. The monoisotopic (exact) mass is 421 g/mol. The van der Waals surface area contributed by atoms with Gasteiger partial charge < -0.3 is 9.72 Å². The summed E-state index contributed by atoms with van der Waals surface area (Å²) in [6.45, 7) is 0. The molecule has 2 heterocycles. The van der Waals surface area contributed by atoms with Gasteiger partial charge in [-0.3, -0.25) is 9.36 Å². The van der Waals surface area contributed by atoms with Crippen molar-refractivity contribution in [2.24, 2.45) is 0 Å². The second kappa shape index (κ2) is 8.55. The van der Waals surface area contributed by atoms with E-state index in [9.17, 15) is 4.79 Å². The van der Waals surface area contributed by atoms with Gasteiger partial charge in [0.25, 0.3) is 5.56 Å². The number of imidazole rings is 1. The fraction of sp³-hybridized carbons (Fsp3) is 0.111. The van der Waals surface area contributed by atoms with Crippen molar-refractivity contribution in [3.8, 4) is 22.8 Å². The summed E-state index contributed by atoms with van der Waals surface area (Å²) in [6, 6.07) is 27.9. The van der Waals surface area contributed by atoms with Gasteiger partial charge in [-0.2, -0.15) is 0 Å². The van der Waals surface area contributed by atoms with Gasteiger partial charge in [0.2, 0.25) is 0 Å². The highest BCUT2D eigenvalue weighted by molar-refractivity contribution is 5.61. The fourth-order valence-corrected chi connectivity index (χ4v) is 3.92. The number of benzene rings is 3. The van der Waals surface area contributed by atoms with Gasteiger partial charge in [-0.15, -0.1) is 0 Å². The Balaban J connectivity index is 1.63. The lowest BCUT2D eigenvalue weighted by Gasteiger charge is -2.13. The maximum Gasteiger partial charge on any atom is 0.278 e. The van der Waals surface area contributed by atoms with Gasteiger partial charge >= 0.3 is 0 Å². The van der Waals surface area contributed by atoms with Gasteiger partial charge in [0.1, 0.15) is 11.4 Å². The Morgan fingerprint density at radius 2 is 1.47 bits per heavy atom. The van der Waals surface area contributed by atoms with Crippen molar-refractivity contribution in [1.29, 1.82) is 0 Å². The molecule has 0 atom stereocenters. The first-order valence-corrected chi connectivity index (χ1v) is 10.6. The lowest BCUT2D eigenvalue weighted by atomic mass is 10.1. The molecule has 0 spiro atoms. The van der Waals surface area contributed by atoms with Crippen LogP contribution in [0.2, 0.25) is 0 Å². The molecule has 0 amide bonds. The highest BCUT2D eigenvalue weighted by Crippen LogP contribution is 2.25. The predicted octanol–water partition coefficient (Wildman–Crippen LogP) is 4.86. The number of rotatable bonds is 6. The Morgan fingerprint density at radius 1 is 0.844 bits per heavy atom. The number of methoxy groups -OCH3 is 1. The number of hydrogen-bond acceptors (Lipinski definition) is 3. The van der Waals surface area contributed by atoms with Gasteiger partial charge in [0.05, 0.1) is 18.5 Å². The van der Waals surface area contributed by atoms with E-state index in [2.05, 4.69) is 17.1 Å². The summed E-state index contributed by atoms with van der Waals surface area (Å²) in [5.41, 5.74) is 5.41. The van der Waals surface area contributed by atoms with Crippen LogP contribution in [0.25, 0.3) is 17.1 Å². The van der Waals surface area contributed by atoms with E-state index >= 15 is 0 Å². The maximum absolute atomic E-state index is 13.3. The first-order valence-electron chi connectivity index (χ1n) is 10.6. The zero-order chi connectivity index (χ0) is 21.9. The minimum atomic E-state index is -0.0815. The largest absolute Gasteiger partial charge is 0.497 e. The molecule has 0 radical (unpaired) electrons. The van der Waals surface area contributed by atoms with E-state index in [-0.39, 0.29) is 5.56 Å². The summed E-state index contributed by atoms with van der Waals surface area (Å²) in [7, 11) is 1.65. The normalized spacial score (nSPS) is 11.0. The number of nitrogens with one attached hydrogen (secondary N) is 1. The molecule has 0 fully saturated rings. The number of hydrogen-bond donors (Lipinski definition) is 1. The number of H-pyrrole nitrogens is 1. The lowest BCUT2D eigenvalue weighted by molar-refractivity contribution is 0.415.